The molecule has 0 heterocycles. The van der Waals surface area contributed by atoms with Gasteiger partial charge in [0.25, 0.3) is 0 Å². The fraction of sp³-hybridized carbons (Fsp3) is 0.625. The first-order chi connectivity index (χ1) is 8.90. The third kappa shape index (κ3) is 3.57. The second-order valence-electron chi connectivity index (χ2n) is 6.34. The molecule has 0 radical (unpaired) electrons. The fourth-order valence-corrected chi connectivity index (χ4v) is 3.38. The predicted octanol–water partition coefficient (Wildman–Crippen LogP) is 5.21. The normalized spacial score (nSPS) is 24.2. The van der Waals surface area contributed by atoms with Crippen molar-refractivity contribution in [2.45, 2.75) is 58.5 Å². The van der Waals surface area contributed by atoms with E-state index in [1.165, 1.54) is 25.7 Å². The predicted molar refractivity (Wildman–Crippen MR) is 81.7 cm³/mol. The van der Waals surface area contributed by atoms with E-state index >= 15 is 0 Å². The van der Waals surface area contributed by atoms with Gasteiger partial charge in [0, 0.05) is 22.1 Å². The van der Waals surface area contributed by atoms with Crippen LogP contribution in [-0.4, -0.2) is 6.04 Å². The lowest BCUT2D eigenvalue weighted by Gasteiger charge is -2.41. The van der Waals surface area contributed by atoms with Crippen LogP contribution in [0.25, 0.3) is 0 Å². The molecule has 1 aromatic rings. The summed E-state index contributed by atoms with van der Waals surface area (Å²) >= 11 is 3.30. The van der Waals surface area contributed by atoms with Gasteiger partial charge in [-0.2, -0.15) is 0 Å². The molecule has 19 heavy (non-hydrogen) atoms. The molecule has 0 spiro atoms. The molecule has 0 saturated heterocycles. The first-order valence-electron chi connectivity index (χ1n) is 7.11. The highest BCUT2D eigenvalue weighted by molar-refractivity contribution is 9.10. The Balaban J connectivity index is 2.09. The van der Waals surface area contributed by atoms with Crippen LogP contribution in [0, 0.1) is 11.2 Å². The Hall–Kier alpha value is -0.410. The minimum Gasteiger partial charge on any atom is -0.307 e. The quantitative estimate of drug-likeness (QED) is 0.803. The number of rotatable bonds is 3. The summed E-state index contributed by atoms with van der Waals surface area (Å²) in [4.78, 5) is 0. The molecule has 1 aliphatic rings. The Kier molecular flexibility index (Phi) is 4.67. The Morgan fingerprint density at radius 3 is 2.74 bits per heavy atom. The molecule has 1 N–H and O–H groups in total. The molecule has 1 aromatic carbocycles. The zero-order chi connectivity index (χ0) is 14.0. The molecular formula is C16H23BrFN. The first-order valence-corrected chi connectivity index (χ1v) is 7.90. The average molecular weight is 328 g/mol. The van der Waals surface area contributed by atoms with Gasteiger partial charge in [-0.1, -0.05) is 48.7 Å². The smallest absolute Gasteiger partial charge is 0.129 e. The second-order valence-corrected chi connectivity index (χ2v) is 7.26. The highest BCUT2D eigenvalue weighted by Gasteiger charge is 2.33. The topological polar surface area (TPSA) is 12.0 Å². The monoisotopic (exact) mass is 327 g/mol. The maximum absolute atomic E-state index is 14.0. The van der Waals surface area contributed by atoms with Gasteiger partial charge >= 0.3 is 0 Å². The number of halogens is 2. The molecule has 3 heteroatoms. The van der Waals surface area contributed by atoms with E-state index in [0.717, 1.165) is 10.0 Å². The minimum atomic E-state index is -0.136. The maximum Gasteiger partial charge on any atom is 0.129 e. The summed E-state index contributed by atoms with van der Waals surface area (Å²) < 4.78 is 14.8. The molecule has 106 valence electrons. The molecule has 2 unspecified atom stereocenters. The SMILES string of the molecule is CC(NC1CCCCC1(C)C)c1ccc(Br)cc1F. The number of hydrogen-bond acceptors (Lipinski definition) is 1. The number of hydrogen-bond donors (Lipinski definition) is 1. The molecule has 1 aliphatic carbocycles. The highest BCUT2D eigenvalue weighted by Crippen LogP contribution is 2.36. The standard InChI is InChI=1S/C16H23BrFN/c1-11(13-8-7-12(17)10-14(13)18)19-15-6-4-5-9-16(15,2)3/h7-8,10-11,15,19H,4-6,9H2,1-3H3. The van der Waals surface area contributed by atoms with E-state index in [4.69, 9.17) is 0 Å². The van der Waals surface area contributed by atoms with Crippen LogP contribution in [0.2, 0.25) is 0 Å². The zero-order valence-electron chi connectivity index (χ0n) is 12.0. The van der Waals surface area contributed by atoms with Crippen LogP contribution in [0.3, 0.4) is 0 Å². The van der Waals surface area contributed by atoms with Crippen molar-refractivity contribution in [3.63, 3.8) is 0 Å². The Labute approximate surface area is 124 Å². The van der Waals surface area contributed by atoms with E-state index in [1.54, 1.807) is 6.07 Å². The summed E-state index contributed by atoms with van der Waals surface area (Å²) in [5.41, 5.74) is 1.06. The van der Waals surface area contributed by atoms with Gasteiger partial charge in [-0.05, 0) is 37.3 Å². The lowest BCUT2D eigenvalue weighted by Crippen LogP contribution is -2.45. The fourth-order valence-electron chi connectivity index (χ4n) is 3.05. The molecule has 0 aromatic heterocycles. The van der Waals surface area contributed by atoms with Crippen molar-refractivity contribution in [1.29, 1.82) is 0 Å². The van der Waals surface area contributed by atoms with Crippen molar-refractivity contribution in [3.05, 3.63) is 34.1 Å². The molecule has 0 aliphatic heterocycles. The molecule has 2 rings (SSSR count). The van der Waals surface area contributed by atoms with Gasteiger partial charge in [-0.3, -0.25) is 0 Å². The molecule has 1 nitrogen and oxygen atoms in total. The molecule has 0 bridgehead atoms. The van der Waals surface area contributed by atoms with Crippen LogP contribution < -0.4 is 5.32 Å². The molecule has 1 saturated carbocycles. The van der Waals surface area contributed by atoms with Crippen LogP contribution in [0.15, 0.2) is 22.7 Å². The van der Waals surface area contributed by atoms with Crippen molar-refractivity contribution >= 4 is 15.9 Å². The summed E-state index contributed by atoms with van der Waals surface area (Å²) in [6.07, 6.45) is 5.03. The van der Waals surface area contributed by atoms with Crippen molar-refractivity contribution in [1.82, 2.24) is 5.32 Å². The molecular weight excluding hydrogens is 305 g/mol. The van der Waals surface area contributed by atoms with Crippen LogP contribution in [0.4, 0.5) is 4.39 Å². The summed E-state index contributed by atoms with van der Waals surface area (Å²) in [5, 5.41) is 3.63. The lowest BCUT2D eigenvalue weighted by atomic mass is 9.73. The number of benzene rings is 1. The second kappa shape index (κ2) is 5.92. The van der Waals surface area contributed by atoms with E-state index in [1.807, 2.05) is 12.1 Å². The van der Waals surface area contributed by atoms with Crippen LogP contribution in [0.1, 0.15) is 58.1 Å². The maximum atomic E-state index is 14.0. The first kappa shape index (κ1) is 15.0. The van der Waals surface area contributed by atoms with Crippen LogP contribution >= 0.6 is 15.9 Å². The Morgan fingerprint density at radius 2 is 2.11 bits per heavy atom. The lowest BCUT2D eigenvalue weighted by molar-refractivity contribution is 0.157. The van der Waals surface area contributed by atoms with Crippen molar-refractivity contribution in [2.24, 2.45) is 5.41 Å². The molecule has 0 amide bonds. The summed E-state index contributed by atoms with van der Waals surface area (Å²) in [6, 6.07) is 5.84. The molecule has 2 atom stereocenters. The van der Waals surface area contributed by atoms with Crippen LogP contribution in [0.5, 0.6) is 0 Å². The van der Waals surface area contributed by atoms with Crippen molar-refractivity contribution < 1.29 is 4.39 Å². The molecule has 1 fully saturated rings. The third-order valence-electron chi connectivity index (χ3n) is 4.39. The zero-order valence-corrected chi connectivity index (χ0v) is 13.6. The average Bonchev–Trinajstić information content (AvgIpc) is 2.31. The van der Waals surface area contributed by atoms with Gasteiger partial charge in [-0.15, -0.1) is 0 Å². The third-order valence-corrected chi connectivity index (χ3v) is 4.88. The van der Waals surface area contributed by atoms with Gasteiger partial charge in [0.05, 0.1) is 0 Å². The summed E-state index contributed by atoms with van der Waals surface area (Å²) in [7, 11) is 0. The number of nitrogens with one attached hydrogen (secondary N) is 1. The highest BCUT2D eigenvalue weighted by atomic mass is 79.9. The van der Waals surface area contributed by atoms with Gasteiger partial charge < -0.3 is 5.32 Å². The van der Waals surface area contributed by atoms with Crippen molar-refractivity contribution in [2.75, 3.05) is 0 Å². The Bertz CT molecular complexity index is 444. The van der Waals surface area contributed by atoms with Gasteiger partial charge in [0.1, 0.15) is 5.82 Å². The van der Waals surface area contributed by atoms with Crippen LogP contribution in [-0.2, 0) is 0 Å². The van der Waals surface area contributed by atoms with E-state index in [9.17, 15) is 4.39 Å². The minimum absolute atomic E-state index is 0.0514. The summed E-state index contributed by atoms with van der Waals surface area (Å²) in [5.74, 6) is -0.136. The largest absolute Gasteiger partial charge is 0.307 e. The van der Waals surface area contributed by atoms with Gasteiger partial charge in [0.2, 0.25) is 0 Å². The summed E-state index contributed by atoms with van der Waals surface area (Å²) in [6.45, 7) is 6.68. The van der Waals surface area contributed by atoms with Crippen molar-refractivity contribution in [3.8, 4) is 0 Å². The van der Waals surface area contributed by atoms with Gasteiger partial charge in [-0.25, -0.2) is 4.39 Å². The Morgan fingerprint density at radius 1 is 1.37 bits per heavy atom. The van der Waals surface area contributed by atoms with E-state index < -0.39 is 0 Å². The van der Waals surface area contributed by atoms with Gasteiger partial charge in [0.15, 0.2) is 0 Å². The van der Waals surface area contributed by atoms with E-state index in [2.05, 4.69) is 42.0 Å². The van der Waals surface area contributed by atoms with E-state index in [-0.39, 0.29) is 11.9 Å². The van der Waals surface area contributed by atoms with E-state index in [0.29, 0.717) is 11.5 Å².